The standard InChI is InChI=1S/C20H22N2O6/c1-22-7-8-28-15-6-5-13(11-14(15)20(22)24)21-19(23)12-9-16(25-2)18(27-4)17(10-12)26-3/h5-6,9-11H,7-8H2,1-4H3,(H,21,23). The molecule has 0 fully saturated rings. The lowest BCUT2D eigenvalue weighted by Gasteiger charge is -2.15. The Morgan fingerprint density at radius 1 is 1.07 bits per heavy atom. The van der Waals surface area contributed by atoms with Crippen LogP contribution in [-0.2, 0) is 0 Å². The molecule has 0 aliphatic carbocycles. The minimum Gasteiger partial charge on any atom is -0.493 e. The lowest BCUT2D eigenvalue weighted by Crippen LogP contribution is -2.27. The van der Waals surface area contributed by atoms with Crippen molar-refractivity contribution in [1.82, 2.24) is 4.90 Å². The first kappa shape index (κ1) is 19.3. The van der Waals surface area contributed by atoms with Gasteiger partial charge in [0.2, 0.25) is 5.75 Å². The third kappa shape index (κ3) is 3.66. The number of fused-ring (bicyclic) bond motifs is 1. The van der Waals surface area contributed by atoms with Crippen LogP contribution in [0.4, 0.5) is 5.69 Å². The number of anilines is 1. The number of hydrogen-bond donors (Lipinski definition) is 1. The summed E-state index contributed by atoms with van der Waals surface area (Å²) in [6.45, 7) is 0.924. The minimum absolute atomic E-state index is 0.156. The van der Waals surface area contributed by atoms with E-state index in [0.717, 1.165) is 0 Å². The van der Waals surface area contributed by atoms with Gasteiger partial charge in [0.25, 0.3) is 11.8 Å². The van der Waals surface area contributed by atoms with Crippen molar-refractivity contribution in [1.29, 1.82) is 0 Å². The zero-order valence-corrected chi connectivity index (χ0v) is 16.2. The predicted molar refractivity (Wildman–Crippen MR) is 103 cm³/mol. The summed E-state index contributed by atoms with van der Waals surface area (Å²) in [5.41, 5.74) is 1.21. The molecular weight excluding hydrogens is 364 g/mol. The third-order valence-electron chi connectivity index (χ3n) is 4.43. The van der Waals surface area contributed by atoms with Gasteiger partial charge in [0, 0.05) is 18.3 Å². The summed E-state index contributed by atoms with van der Waals surface area (Å²) in [5, 5.41) is 2.79. The number of carbonyl (C=O) groups excluding carboxylic acids is 2. The normalized spacial score (nSPS) is 13.1. The summed E-state index contributed by atoms with van der Waals surface area (Å²) in [4.78, 5) is 26.8. The smallest absolute Gasteiger partial charge is 0.257 e. The Balaban J connectivity index is 1.90. The van der Waals surface area contributed by atoms with E-state index in [2.05, 4.69) is 5.32 Å². The van der Waals surface area contributed by atoms with Gasteiger partial charge >= 0.3 is 0 Å². The van der Waals surface area contributed by atoms with Crippen molar-refractivity contribution in [2.24, 2.45) is 0 Å². The molecule has 2 aromatic carbocycles. The maximum Gasteiger partial charge on any atom is 0.257 e. The molecule has 0 atom stereocenters. The number of likely N-dealkylation sites (N-methyl/N-ethyl adjacent to an activating group) is 1. The Morgan fingerprint density at radius 2 is 1.75 bits per heavy atom. The van der Waals surface area contributed by atoms with E-state index in [1.807, 2.05) is 0 Å². The molecule has 8 nitrogen and oxygen atoms in total. The number of methoxy groups -OCH3 is 3. The van der Waals surface area contributed by atoms with Gasteiger partial charge in [-0.15, -0.1) is 0 Å². The molecule has 8 heteroatoms. The molecule has 28 heavy (non-hydrogen) atoms. The Labute approximate surface area is 162 Å². The topological polar surface area (TPSA) is 86.3 Å². The van der Waals surface area contributed by atoms with Crippen LogP contribution in [0.1, 0.15) is 20.7 Å². The fourth-order valence-electron chi connectivity index (χ4n) is 2.92. The van der Waals surface area contributed by atoms with E-state index in [1.54, 1.807) is 42.3 Å². The summed E-state index contributed by atoms with van der Waals surface area (Å²) >= 11 is 0. The van der Waals surface area contributed by atoms with Gasteiger partial charge in [-0.3, -0.25) is 9.59 Å². The average molecular weight is 386 g/mol. The second-order valence-electron chi connectivity index (χ2n) is 6.15. The number of hydrogen-bond acceptors (Lipinski definition) is 6. The van der Waals surface area contributed by atoms with Gasteiger partial charge in [0.05, 0.1) is 33.4 Å². The second-order valence-corrected chi connectivity index (χ2v) is 6.15. The van der Waals surface area contributed by atoms with E-state index in [4.69, 9.17) is 18.9 Å². The Morgan fingerprint density at radius 3 is 2.36 bits per heavy atom. The molecule has 1 aliphatic heterocycles. The summed E-state index contributed by atoms with van der Waals surface area (Å²) in [6.07, 6.45) is 0. The monoisotopic (exact) mass is 386 g/mol. The van der Waals surface area contributed by atoms with E-state index in [1.165, 1.54) is 21.3 Å². The summed E-state index contributed by atoms with van der Waals surface area (Å²) in [7, 11) is 6.16. The predicted octanol–water partition coefficient (Wildman–Crippen LogP) is 2.43. The molecule has 0 unspecified atom stereocenters. The van der Waals surface area contributed by atoms with Crippen molar-refractivity contribution in [3.05, 3.63) is 41.5 Å². The fourth-order valence-corrected chi connectivity index (χ4v) is 2.92. The zero-order valence-electron chi connectivity index (χ0n) is 16.2. The maximum atomic E-state index is 12.7. The quantitative estimate of drug-likeness (QED) is 0.849. The van der Waals surface area contributed by atoms with E-state index in [9.17, 15) is 9.59 Å². The van der Waals surface area contributed by atoms with Crippen LogP contribution in [0.25, 0.3) is 0 Å². The summed E-state index contributed by atoms with van der Waals surface area (Å²) in [5.74, 6) is 1.11. The highest BCUT2D eigenvalue weighted by Crippen LogP contribution is 2.38. The molecule has 2 aromatic rings. The maximum absolute atomic E-state index is 12.7. The minimum atomic E-state index is -0.380. The zero-order chi connectivity index (χ0) is 20.3. The van der Waals surface area contributed by atoms with Gasteiger partial charge < -0.3 is 29.2 Å². The van der Waals surface area contributed by atoms with Crippen molar-refractivity contribution < 1.29 is 28.5 Å². The Kier molecular flexibility index (Phi) is 5.58. The highest BCUT2D eigenvalue weighted by molar-refractivity contribution is 6.06. The van der Waals surface area contributed by atoms with E-state index < -0.39 is 0 Å². The molecule has 0 radical (unpaired) electrons. The molecule has 0 aromatic heterocycles. The first-order chi connectivity index (χ1) is 13.5. The fraction of sp³-hybridized carbons (Fsp3) is 0.300. The summed E-state index contributed by atoms with van der Waals surface area (Å²) < 4.78 is 21.4. The molecule has 1 aliphatic rings. The highest BCUT2D eigenvalue weighted by Gasteiger charge is 2.22. The van der Waals surface area contributed by atoms with Crippen molar-refractivity contribution in [2.45, 2.75) is 0 Å². The number of nitrogens with zero attached hydrogens (tertiary/aromatic N) is 1. The van der Waals surface area contributed by atoms with Gasteiger partial charge in [-0.1, -0.05) is 0 Å². The SMILES string of the molecule is COc1cc(C(=O)Nc2ccc3c(c2)C(=O)N(C)CCO3)cc(OC)c1OC. The van der Waals surface area contributed by atoms with Crippen molar-refractivity contribution >= 4 is 17.5 Å². The first-order valence-electron chi connectivity index (χ1n) is 8.62. The highest BCUT2D eigenvalue weighted by atomic mass is 16.5. The van der Waals surface area contributed by atoms with Crippen LogP contribution < -0.4 is 24.3 Å². The molecule has 0 saturated carbocycles. The van der Waals surface area contributed by atoms with Crippen LogP contribution in [0.15, 0.2) is 30.3 Å². The lowest BCUT2D eigenvalue weighted by molar-refractivity contribution is 0.0796. The third-order valence-corrected chi connectivity index (χ3v) is 4.43. The van der Waals surface area contributed by atoms with Crippen LogP contribution in [0.3, 0.4) is 0 Å². The van der Waals surface area contributed by atoms with E-state index in [-0.39, 0.29) is 11.8 Å². The number of benzene rings is 2. The van der Waals surface area contributed by atoms with Gasteiger partial charge in [0.15, 0.2) is 11.5 Å². The van der Waals surface area contributed by atoms with Crippen molar-refractivity contribution in [3.63, 3.8) is 0 Å². The number of ether oxygens (including phenoxy) is 4. The van der Waals surface area contributed by atoms with E-state index in [0.29, 0.717) is 53.0 Å². The van der Waals surface area contributed by atoms with Gasteiger partial charge in [-0.2, -0.15) is 0 Å². The largest absolute Gasteiger partial charge is 0.493 e. The molecular formula is C20H22N2O6. The number of nitrogens with one attached hydrogen (secondary N) is 1. The molecule has 0 saturated heterocycles. The number of amides is 2. The molecule has 1 N–H and O–H groups in total. The van der Waals surface area contributed by atoms with Crippen molar-refractivity contribution in [3.8, 4) is 23.0 Å². The molecule has 148 valence electrons. The van der Waals surface area contributed by atoms with Crippen LogP contribution in [0.5, 0.6) is 23.0 Å². The summed E-state index contributed by atoms with van der Waals surface area (Å²) in [6, 6.07) is 8.09. The van der Waals surface area contributed by atoms with Crippen LogP contribution >= 0.6 is 0 Å². The molecule has 1 heterocycles. The van der Waals surface area contributed by atoms with Gasteiger partial charge in [-0.05, 0) is 30.3 Å². The molecule has 3 rings (SSSR count). The van der Waals surface area contributed by atoms with Crippen molar-refractivity contribution in [2.75, 3.05) is 46.8 Å². The van der Waals surface area contributed by atoms with Gasteiger partial charge in [-0.25, -0.2) is 0 Å². The Bertz CT molecular complexity index is 887. The lowest BCUT2D eigenvalue weighted by atomic mass is 10.1. The average Bonchev–Trinajstić information content (AvgIpc) is 2.85. The molecule has 0 bridgehead atoms. The number of carbonyl (C=O) groups is 2. The van der Waals surface area contributed by atoms with Gasteiger partial charge in [0.1, 0.15) is 12.4 Å². The van der Waals surface area contributed by atoms with Crippen LogP contribution in [-0.4, -0.2) is 58.2 Å². The number of rotatable bonds is 5. The first-order valence-corrected chi connectivity index (χ1v) is 8.62. The van der Waals surface area contributed by atoms with Crippen LogP contribution in [0.2, 0.25) is 0 Å². The molecule has 0 spiro atoms. The Hall–Kier alpha value is -3.42. The van der Waals surface area contributed by atoms with E-state index >= 15 is 0 Å². The van der Waals surface area contributed by atoms with Crippen LogP contribution in [0, 0.1) is 0 Å². The second kappa shape index (κ2) is 8.08. The molecule has 2 amide bonds.